The van der Waals surface area contributed by atoms with Crippen LogP contribution in [0.25, 0.3) is 0 Å². The third-order valence-corrected chi connectivity index (χ3v) is 1.55. The van der Waals surface area contributed by atoms with Crippen LogP contribution in [0.15, 0.2) is 6.07 Å². The summed E-state index contributed by atoms with van der Waals surface area (Å²) < 4.78 is 0. The van der Waals surface area contributed by atoms with Crippen molar-refractivity contribution >= 4 is 11.5 Å². The Morgan fingerprint density at radius 1 is 1.55 bits per heavy atom. The van der Waals surface area contributed by atoms with Gasteiger partial charge in [0.15, 0.2) is 0 Å². The highest BCUT2D eigenvalue weighted by Crippen LogP contribution is 2.15. The van der Waals surface area contributed by atoms with E-state index in [0.29, 0.717) is 11.5 Å². The average Bonchev–Trinajstić information content (AvgIpc) is 1.97. The largest absolute Gasteiger partial charge is 0.396 e. The van der Waals surface area contributed by atoms with E-state index < -0.39 is 0 Å². The lowest BCUT2D eigenvalue weighted by Crippen LogP contribution is -2.02. The van der Waals surface area contributed by atoms with Gasteiger partial charge in [-0.05, 0) is 13.0 Å². The fraction of sp³-hybridized carbons (Fsp3) is 0.286. The van der Waals surface area contributed by atoms with Gasteiger partial charge in [-0.25, -0.2) is 4.98 Å². The number of nitrogens with two attached hydrogens (primary N) is 2. The lowest BCUT2D eigenvalue weighted by Gasteiger charge is -2.04. The molecule has 60 valence electrons. The summed E-state index contributed by atoms with van der Waals surface area (Å²) in [5.41, 5.74) is 12.7. The van der Waals surface area contributed by atoms with Crippen LogP contribution >= 0.6 is 0 Å². The van der Waals surface area contributed by atoms with Crippen molar-refractivity contribution in [3.63, 3.8) is 0 Å². The van der Waals surface area contributed by atoms with Gasteiger partial charge in [-0.2, -0.15) is 0 Å². The maximum Gasteiger partial charge on any atom is 0.146 e. The number of aromatic nitrogens is 1. The molecule has 0 spiro atoms. The zero-order valence-corrected chi connectivity index (χ0v) is 6.33. The van der Waals surface area contributed by atoms with Gasteiger partial charge in [0, 0.05) is 11.3 Å². The molecule has 0 aromatic carbocycles. The van der Waals surface area contributed by atoms with Crippen molar-refractivity contribution in [2.75, 3.05) is 11.5 Å². The van der Waals surface area contributed by atoms with Gasteiger partial charge < -0.3 is 16.6 Å². The van der Waals surface area contributed by atoms with E-state index in [9.17, 15) is 0 Å². The van der Waals surface area contributed by atoms with Crippen LogP contribution in [0.2, 0.25) is 0 Å². The van der Waals surface area contributed by atoms with E-state index in [1.54, 1.807) is 13.0 Å². The van der Waals surface area contributed by atoms with Crippen molar-refractivity contribution < 1.29 is 5.11 Å². The van der Waals surface area contributed by atoms with Gasteiger partial charge >= 0.3 is 0 Å². The summed E-state index contributed by atoms with van der Waals surface area (Å²) in [6, 6.07) is 1.64. The Morgan fingerprint density at radius 3 is 2.73 bits per heavy atom. The van der Waals surface area contributed by atoms with Crippen molar-refractivity contribution in [2.24, 2.45) is 0 Å². The number of hydrogen-bond donors (Lipinski definition) is 3. The molecular formula is C7H11N3O. The summed E-state index contributed by atoms with van der Waals surface area (Å²) in [5, 5.41) is 8.80. The van der Waals surface area contributed by atoms with Gasteiger partial charge in [0.2, 0.25) is 0 Å². The normalized spacial score (nSPS) is 10.0. The molecule has 0 atom stereocenters. The quantitative estimate of drug-likeness (QED) is 0.532. The molecule has 0 aliphatic heterocycles. The zero-order chi connectivity index (χ0) is 8.43. The highest BCUT2D eigenvalue weighted by atomic mass is 16.3. The topological polar surface area (TPSA) is 85.2 Å². The molecule has 0 aliphatic rings. The maximum absolute atomic E-state index is 8.80. The minimum atomic E-state index is -0.0523. The third kappa shape index (κ3) is 1.40. The van der Waals surface area contributed by atoms with Crippen molar-refractivity contribution in [1.82, 2.24) is 4.98 Å². The Morgan fingerprint density at radius 2 is 2.18 bits per heavy atom. The van der Waals surface area contributed by atoms with Crippen LogP contribution in [0, 0.1) is 6.92 Å². The van der Waals surface area contributed by atoms with Crippen molar-refractivity contribution in [3.8, 4) is 0 Å². The first-order valence-electron chi connectivity index (χ1n) is 3.27. The second kappa shape index (κ2) is 2.75. The molecule has 0 fully saturated rings. The highest BCUT2D eigenvalue weighted by molar-refractivity contribution is 5.59. The van der Waals surface area contributed by atoms with Gasteiger partial charge in [-0.3, -0.25) is 0 Å². The van der Waals surface area contributed by atoms with E-state index >= 15 is 0 Å². The van der Waals surface area contributed by atoms with Crippen LogP contribution in [0.5, 0.6) is 0 Å². The van der Waals surface area contributed by atoms with Crippen LogP contribution in [0.3, 0.4) is 0 Å². The Balaban J connectivity index is 3.21. The number of nitrogens with zero attached hydrogens (tertiary/aromatic N) is 1. The Kier molecular flexibility index (Phi) is 1.96. The van der Waals surface area contributed by atoms with Crippen LogP contribution in [-0.4, -0.2) is 10.1 Å². The monoisotopic (exact) mass is 153 g/mol. The summed E-state index contributed by atoms with van der Waals surface area (Å²) in [4.78, 5) is 3.94. The van der Waals surface area contributed by atoms with Crippen LogP contribution in [-0.2, 0) is 6.61 Å². The van der Waals surface area contributed by atoms with E-state index in [1.165, 1.54) is 0 Å². The van der Waals surface area contributed by atoms with Crippen LogP contribution in [0.4, 0.5) is 11.5 Å². The number of pyridine rings is 1. The molecule has 0 saturated carbocycles. The summed E-state index contributed by atoms with van der Waals surface area (Å²) in [6.07, 6.45) is 0. The summed E-state index contributed by atoms with van der Waals surface area (Å²) >= 11 is 0. The molecule has 4 nitrogen and oxygen atoms in total. The molecule has 5 N–H and O–H groups in total. The number of nitrogen functional groups attached to an aromatic ring is 2. The molecule has 0 radical (unpaired) electrons. The lowest BCUT2D eigenvalue weighted by molar-refractivity contribution is 0.280. The number of aliphatic hydroxyl groups is 1. The number of aliphatic hydroxyl groups excluding tert-OH is 1. The molecule has 1 heterocycles. The number of hydrogen-bond acceptors (Lipinski definition) is 4. The first kappa shape index (κ1) is 7.81. The van der Waals surface area contributed by atoms with E-state index in [4.69, 9.17) is 16.6 Å². The SMILES string of the molecule is Cc1nc(N)c(N)cc1CO. The Bertz CT molecular complexity index is 273. The average molecular weight is 153 g/mol. The second-order valence-electron chi connectivity index (χ2n) is 2.37. The summed E-state index contributed by atoms with van der Waals surface area (Å²) in [7, 11) is 0. The fourth-order valence-corrected chi connectivity index (χ4v) is 0.843. The van der Waals surface area contributed by atoms with E-state index in [-0.39, 0.29) is 6.61 Å². The molecular weight excluding hydrogens is 142 g/mol. The predicted octanol–water partition coefficient (Wildman–Crippen LogP) is 0.0467. The van der Waals surface area contributed by atoms with Crippen LogP contribution in [0.1, 0.15) is 11.3 Å². The van der Waals surface area contributed by atoms with Gasteiger partial charge in [0.05, 0.1) is 12.3 Å². The van der Waals surface area contributed by atoms with Crippen LogP contribution < -0.4 is 11.5 Å². The van der Waals surface area contributed by atoms with Gasteiger partial charge in [0.25, 0.3) is 0 Å². The minimum Gasteiger partial charge on any atom is -0.396 e. The molecule has 4 heteroatoms. The molecule has 1 rings (SSSR count). The standard InChI is InChI=1S/C7H11N3O/c1-4-5(3-11)2-6(8)7(9)10-4/h2,11H,3,8H2,1H3,(H2,9,10). The minimum absolute atomic E-state index is 0.0523. The van der Waals surface area contributed by atoms with Gasteiger partial charge in [0.1, 0.15) is 5.82 Å². The zero-order valence-electron chi connectivity index (χ0n) is 6.33. The molecule has 0 saturated heterocycles. The molecule has 0 unspecified atom stereocenters. The van der Waals surface area contributed by atoms with E-state index in [2.05, 4.69) is 4.98 Å². The Hall–Kier alpha value is -1.29. The first-order chi connectivity index (χ1) is 5.15. The maximum atomic E-state index is 8.80. The molecule has 1 aromatic rings. The number of aryl methyl sites for hydroxylation is 1. The predicted molar refractivity (Wildman–Crippen MR) is 43.7 cm³/mol. The Labute approximate surface area is 64.9 Å². The molecule has 1 aromatic heterocycles. The van der Waals surface area contributed by atoms with Crippen molar-refractivity contribution in [2.45, 2.75) is 13.5 Å². The fourth-order valence-electron chi connectivity index (χ4n) is 0.843. The number of rotatable bonds is 1. The molecule has 11 heavy (non-hydrogen) atoms. The molecule has 0 amide bonds. The summed E-state index contributed by atoms with van der Waals surface area (Å²) in [5.74, 6) is 0.319. The van der Waals surface area contributed by atoms with Crippen molar-refractivity contribution in [1.29, 1.82) is 0 Å². The first-order valence-corrected chi connectivity index (χ1v) is 3.27. The summed E-state index contributed by atoms with van der Waals surface area (Å²) in [6.45, 7) is 1.73. The third-order valence-electron chi connectivity index (χ3n) is 1.55. The van der Waals surface area contributed by atoms with Crippen molar-refractivity contribution in [3.05, 3.63) is 17.3 Å². The number of anilines is 2. The van der Waals surface area contributed by atoms with E-state index in [1.807, 2.05) is 0 Å². The highest BCUT2D eigenvalue weighted by Gasteiger charge is 2.01. The smallest absolute Gasteiger partial charge is 0.146 e. The lowest BCUT2D eigenvalue weighted by atomic mass is 10.2. The van der Waals surface area contributed by atoms with Gasteiger partial charge in [-0.1, -0.05) is 0 Å². The molecule has 0 bridgehead atoms. The molecule has 0 aliphatic carbocycles. The van der Waals surface area contributed by atoms with Gasteiger partial charge in [-0.15, -0.1) is 0 Å². The second-order valence-corrected chi connectivity index (χ2v) is 2.37. The van der Waals surface area contributed by atoms with E-state index in [0.717, 1.165) is 11.3 Å².